The number of benzene rings is 1. The van der Waals surface area contributed by atoms with Crippen molar-refractivity contribution in [3.05, 3.63) is 66.0 Å². The molecule has 2 atom stereocenters. The van der Waals surface area contributed by atoms with Gasteiger partial charge >= 0.3 is 0 Å². The number of aliphatic hydroxyl groups is 1. The molecule has 2 rings (SSSR count). The minimum atomic E-state index is -0.698. The van der Waals surface area contributed by atoms with Gasteiger partial charge in [0.1, 0.15) is 0 Å². The van der Waals surface area contributed by atoms with Gasteiger partial charge in [-0.3, -0.25) is 4.98 Å². The summed E-state index contributed by atoms with van der Waals surface area (Å²) in [7, 11) is 0. The van der Waals surface area contributed by atoms with Crippen LogP contribution in [0.1, 0.15) is 44.0 Å². The molecular weight excluding hydrogens is 260 g/mol. The molecule has 0 radical (unpaired) electrons. The standard InChI is InChI=1S/C18H24N2O/c1-3-12-18(2,21)14-20-17(15-9-5-4-6-10-15)16-11-7-8-13-19-16/h4-11,13,17,20-21H,3,12,14H2,1-2H3. The van der Waals surface area contributed by atoms with Crippen LogP contribution < -0.4 is 5.32 Å². The maximum atomic E-state index is 10.4. The van der Waals surface area contributed by atoms with Crippen LogP contribution >= 0.6 is 0 Å². The van der Waals surface area contributed by atoms with Crippen LogP contribution in [-0.4, -0.2) is 22.2 Å². The fourth-order valence-electron chi connectivity index (χ4n) is 2.53. The van der Waals surface area contributed by atoms with E-state index in [4.69, 9.17) is 0 Å². The highest BCUT2D eigenvalue weighted by atomic mass is 16.3. The van der Waals surface area contributed by atoms with Crippen molar-refractivity contribution in [3.8, 4) is 0 Å². The van der Waals surface area contributed by atoms with Gasteiger partial charge < -0.3 is 10.4 Å². The highest BCUT2D eigenvalue weighted by Gasteiger charge is 2.22. The number of nitrogens with one attached hydrogen (secondary N) is 1. The molecular formula is C18H24N2O. The Labute approximate surface area is 127 Å². The lowest BCUT2D eigenvalue weighted by molar-refractivity contribution is 0.0482. The maximum Gasteiger partial charge on any atom is 0.0752 e. The van der Waals surface area contributed by atoms with Crippen LogP contribution in [0.5, 0.6) is 0 Å². The predicted molar refractivity (Wildman–Crippen MR) is 86.1 cm³/mol. The van der Waals surface area contributed by atoms with E-state index in [1.54, 1.807) is 6.20 Å². The molecule has 2 unspecified atom stereocenters. The van der Waals surface area contributed by atoms with E-state index in [0.29, 0.717) is 6.54 Å². The topological polar surface area (TPSA) is 45.1 Å². The van der Waals surface area contributed by atoms with E-state index < -0.39 is 5.60 Å². The van der Waals surface area contributed by atoms with Gasteiger partial charge in [-0.25, -0.2) is 0 Å². The van der Waals surface area contributed by atoms with Crippen molar-refractivity contribution in [1.82, 2.24) is 10.3 Å². The summed E-state index contributed by atoms with van der Waals surface area (Å²) in [5.74, 6) is 0. The van der Waals surface area contributed by atoms with Crippen molar-refractivity contribution < 1.29 is 5.11 Å². The molecule has 3 heteroatoms. The number of hydrogen-bond acceptors (Lipinski definition) is 3. The molecule has 2 N–H and O–H groups in total. The molecule has 0 spiro atoms. The Kier molecular flexibility index (Phi) is 5.48. The second-order valence-corrected chi connectivity index (χ2v) is 5.73. The zero-order chi connectivity index (χ0) is 15.1. The Morgan fingerprint density at radius 3 is 2.48 bits per heavy atom. The fourth-order valence-corrected chi connectivity index (χ4v) is 2.53. The van der Waals surface area contributed by atoms with Gasteiger partial charge in [-0.2, -0.15) is 0 Å². The first-order chi connectivity index (χ1) is 10.1. The number of aromatic nitrogens is 1. The van der Waals surface area contributed by atoms with Crippen molar-refractivity contribution >= 4 is 0 Å². The van der Waals surface area contributed by atoms with Crippen molar-refractivity contribution in [2.45, 2.75) is 38.3 Å². The van der Waals surface area contributed by atoms with E-state index in [-0.39, 0.29) is 6.04 Å². The Bertz CT molecular complexity index is 486. The molecule has 0 saturated carbocycles. The van der Waals surface area contributed by atoms with Gasteiger partial charge in [0, 0.05) is 12.7 Å². The average Bonchev–Trinajstić information content (AvgIpc) is 2.49. The molecule has 0 aliphatic rings. The second kappa shape index (κ2) is 7.34. The number of rotatable bonds is 7. The molecule has 1 aromatic carbocycles. The summed E-state index contributed by atoms with van der Waals surface area (Å²) in [4.78, 5) is 4.46. The second-order valence-electron chi connectivity index (χ2n) is 5.73. The normalized spacial score (nSPS) is 15.4. The average molecular weight is 284 g/mol. The van der Waals surface area contributed by atoms with E-state index >= 15 is 0 Å². The van der Waals surface area contributed by atoms with Crippen LogP contribution in [0.4, 0.5) is 0 Å². The van der Waals surface area contributed by atoms with E-state index in [2.05, 4.69) is 29.4 Å². The molecule has 112 valence electrons. The van der Waals surface area contributed by atoms with Gasteiger partial charge in [0.05, 0.1) is 17.3 Å². The van der Waals surface area contributed by atoms with E-state index in [0.717, 1.165) is 24.1 Å². The van der Waals surface area contributed by atoms with Crippen LogP contribution in [0.3, 0.4) is 0 Å². The van der Waals surface area contributed by atoms with Gasteiger partial charge in [0.15, 0.2) is 0 Å². The fraction of sp³-hybridized carbons (Fsp3) is 0.389. The first kappa shape index (κ1) is 15.7. The van der Waals surface area contributed by atoms with Gasteiger partial charge in [0.2, 0.25) is 0 Å². The molecule has 0 aliphatic heterocycles. The molecule has 0 saturated heterocycles. The number of pyridine rings is 1. The quantitative estimate of drug-likeness (QED) is 0.820. The molecule has 0 aliphatic carbocycles. The molecule has 2 aromatic rings. The molecule has 0 fully saturated rings. The Hall–Kier alpha value is -1.71. The Balaban J connectivity index is 2.18. The molecule has 1 aromatic heterocycles. The molecule has 0 amide bonds. The number of nitrogens with zero attached hydrogens (tertiary/aromatic N) is 1. The van der Waals surface area contributed by atoms with Gasteiger partial charge in [-0.05, 0) is 31.0 Å². The third kappa shape index (κ3) is 4.66. The van der Waals surface area contributed by atoms with Crippen LogP contribution in [0.15, 0.2) is 54.7 Å². The summed E-state index contributed by atoms with van der Waals surface area (Å²) < 4.78 is 0. The lowest BCUT2D eigenvalue weighted by Crippen LogP contribution is -2.39. The van der Waals surface area contributed by atoms with Crippen LogP contribution in [0.25, 0.3) is 0 Å². The highest BCUT2D eigenvalue weighted by molar-refractivity contribution is 5.27. The van der Waals surface area contributed by atoms with Crippen molar-refractivity contribution in [3.63, 3.8) is 0 Å². The summed E-state index contributed by atoms with van der Waals surface area (Å²) in [6, 6.07) is 16.1. The predicted octanol–water partition coefficient (Wildman–Crippen LogP) is 3.31. The van der Waals surface area contributed by atoms with Crippen LogP contribution in [-0.2, 0) is 0 Å². The summed E-state index contributed by atoms with van der Waals surface area (Å²) in [5.41, 5.74) is 1.43. The first-order valence-corrected chi connectivity index (χ1v) is 7.54. The highest BCUT2D eigenvalue weighted by Crippen LogP contribution is 2.21. The maximum absolute atomic E-state index is 10.4. The minimum absolute atomic E-state index is 0.00395. The summed E-state index contributed by atoms with van der Waals surface area (Å²) in [5, 5.41) is 13.8. The first-order valence-electron chi connectivity index (χ1n) is 7.54. The molecule has 1 heterocycles. The Morgan fingerprint density at radius 1 is 1.14 bits per heavy atom. The largest absolute Gasteiger partial charge is 0.389 e. The number of hydrogen-bond donors (Lipinski definition) is 2. The monoisotopic (exact) mass is 284 g/mol. The van der Waals surface area contributed by atoms with Gasteiger partial charge in [-0.15, -0.1) is 0 Å². The van der Waals surface area contributed by atoms with Crippen molar-refractivity contribution in [1.29, 1.82) is 0 Å². The van der Waals surface area contributed by atoms with E-state index in [1.807, 2.05) is 43.3 Å². The zero-order valence-corrected chi connectivity index (χ0v) is 12.8. The lowest BCUT2D eigenvalue weighted by Gasteiger charge is -2.27. The molecule has 21 heavy (non-hydrogen) atoms. The van der Waals surface area contributed by atoms with E-state index in [1.165, 1.54) is 0 Å². The van der Waals surface area contributed by atoms with E-state index in [9.17, 15) is 5.11 Å². The summed E-state index contributed by atoms with van der Waals surface area (Å²) in [6.45, 7) is 4.50. The summed E-state index contributed by atoms with van der Waals surface area (Å²) >= 11 is 0. The third-order valence-electron chi connectivity index (χ3n) is 3.59. The van der Waals surface area contributed by atoms with Crippen molar-refractivity contribution in [2.24, 2.45) is 0 Å². The van der Waals surface area contributed by atoms with Crippen molar-refractivity contribution in [2.75, 3.05) is 6.54 Å². The van der Waals surface area contributed by atoms with Crippen LogP contribution in [0.2, 0.25) is 0 Å². The molecule has 0 bridgehead atoms. The van der Waals surface area contributed by atoms with Crippen LogP contribution in [0, 0.1) is 0 Å². The van der Waals surface area contributed by atoms with Gasteiger partial charge in [-0.1, -0.05) is 49.7 Å². The zero-order valence-electron chi connectivity index (χ0n) is 12.8. The lowest BCUT2D eigenvalue weighted by atomic mass is 9.98. The summed E-state index contributed by atoms with van der Waals surface area (Å²) in [6.07, 6.45) is 3.55. The molecule has 3 nitrogen and oxygen atoms in total. The minimum Gasteiger partial charge on any atom is -0.389 e. The SMILES string of the molecule is CCCC(C)(O)CNC(c1ccccc1)c1ccccn1. The Morgan fingerprint density at radius 2 is 1.86 bits per heavy atom. The third-order valence-corrected chi connectivity index (χ3v) is 3.59. The smallest absolute Gasteiger partial charge is 0.0752 e. The van der Waals surface area contributed by atoms with Gasteiger partial charge in [0.25, 0.3) is 0 Å².